The molecule has 0 saturated carbocycles. The molecule has 0 bridgehead atoms. The van der Waals surface area contributed by atoms with Crippen LogP contribution in [0.1, 0.15) is 33.6 Å². The molecule has 0 atom stereocenters. The van der Waals surface area contributed by atoms with Crippen molar-refractivity contribution >= 4 is 11.6 Å². The average molecular weight is 264 g/mol. The minimum Gasteiger partial charge on any atom is -0.489 e. The Balaban J connectivity index is 3.17. The predicted octanol–water partition coefficient (Wildman–Crippen LogP) is 2.71. The fraction of sp³-hybridized carbons (Fsp3) is 0.467. The van der Waals surface area contributed by atoms with Gasteiger partial charge >= 0.3 is 0 Å². The first kappa shape index (κ1) is 15.2. The van der Waals surface area contributed by atoms with E-state index in [2.05, 4.69) is 0 Å². The summed E-state index contributed by atoms with van der Waals surface area (Å²) >= 11 is 0. The lowest BCUT2D eigenvalue weighted by Gasteiger charge is -2.19. The van der Waals surface area contributed by atoms with Crippen molar-refractivity contribution in [1.29, 1.82) is 0 Å². The molecule has 0 heterocycles. The highest BCUT2D eigenvalue weighted by molar-refractivity contribution is 6.23. The van der Waals surface area contributed by atoms with Crippen LogP contribution < -0.4 is 0 Å². The van der Waals surface area contributed by atoms with E-state index in [1.165, 1.54) is 19.8 Å². The molecule has 0 aromatic carbocycles. The molecule has 0 N–H and O–H groups in total. The smallest absolute Gasteiger partial charge is 0.228 e. The Hall–Kier alpha value is -1.84. The number of hydrogen-bond acceptors (Lipinski definition) is 4. The third-order valence-corrected chi connectivity index (χ3v) is 3.31. The Morgan fingerprint density at radius 1 is 1.11 bits per heavy atom. The summed E-state index contributed by atoms with van der Waals surface area (Å²) in [6, 6.07) is 0. The van der Waals surface area contributed by atoms with Crippen LogP contribution in [0.2, 0.25) is 0 Å². The summed E-state index contributed by atoms with van der Waals surface area (Å²) < 4.78 is 10.00. The van der Waals surface area contributed by atoms with E-state index in [4.69, 9.17) is 9.47 Å². The maximum Gasteiger partial charge on any atom is 0.228 e. The van der Waals surface area contributed by atoms with E-state index < -0.39 is 0 Å². The first-order valence-corrected chi connectivity index (χ1v) is 6.24. The fourth-order valence-electron chi connectivity index (χ4n) is 1.86. The van der Waals surface area contributed by atoms with Crippen molar-refractivity contribution in [2.45, 2.75) is 33.6 Å². The average Bonchev–Trinajstić information content (AvgIpc) is 2.41. The van der Waals surface area contributed by atoms with Gasteiger partial charge in [-0.15, -0.1) is 0 Å². The third kappa shape index (κ3) is 2.95. The van der Waals surface area contributed by atoms with E-state index in [0.29, 0.717) is 17.6 Å². The van der Waals surface area contributed by atoms with Gasteiger partial charge in [0.05, 0.1) is 14.2 Å². The van der Waals surface area contributed by atoms with Crippen molar-refractivity contribution < 1.29 is 19.1 Å². The second kappa shape index (κ2) is 6.36. The fourth-order valence-corrected chi connectivity index (χ4v) is 1.86. The van der Waals surface area contributed by atoms with Gasteiger partial charge in [-0.05, 0) is 26.7 Å². The number of rotatable bonds is 5. The zero-order valence-electron chi connectivity index (χ0n) is 12.1. The maximum absolute atomic E-state index is 12.3. The van der Waals surface area contributed by atoms with Gasteiger partial charge in [-0.1, -0.05) is 18.6 Å². The summed E-state index contributed by atoms with van der Waals surface area (Å²) in [5.41, 5.74) is 2.10. The molecule has 4 heteroatoms. The Kier molecular flexibility index (Phi) is 5.10. The van der Waals surface area contributed by atoms with Gasteiger partial charge in [0.15, 0.2) is 0 Å². The van der Waals surface area contributed by atoms with Gasteiger partial charge in [-0.3, -0.25) is 9.59 Å². The summed E-state index contributed by atoms with van der Waals surface area (Å²) in [5.74, 6) is -0.561. The largest absolute Gasteiger partial charge is 0.489 e. The number of methoxy groups -OCH3 is 2. The van der Waals surface area contributed by atoms with Crippen LogP contribution in [0.5, 0.6) is 0 Å². The zero-order valence-corrected chi connectivity index (χ0v) is 12.1. The number of carbonyl (C=O) groups excluding carboxylic acids is 2. The van der Waals surface area contributed by atoms with Crippen LogP contribution in [0.3, 0.4) is 0 Å². The molecule has 0 aliphatic heterocycles. The molecule has 1 rings (SSSR count). The maximum atomic E-state index is 12.3. The molecule has 0 unspecified atom stereocenters. The normalized spacial score (nSPS) is 17.2. The molecule has 0 amide bonds. The number of ketones is 2. The molecular formula is C15H20O4. The highest BCUT2D eigenvalue weighted by Crippen LogP contribution is 2.28. The van der Waals surface area contributed by atoms with Gasteiger partial charge < -0.3 is 9.47 Å². The molecule has 0 aromatic heterocycles. The van der Waals surface area contributed by atoms with Crippen molar-refractivity contribution in [2.75, 3.05) is 14.2 Å². The van der Waals surface area contributed by atoms with Crippen LogP contribution in [0.4, 0.5) is 0 Å². The summed E-state index contributed by atoms with van der Waals surface area (Å²) in [6.45, 7) is 5.69. The van der Waals surface area contributed by atoms with Crippen molar-refractivity contribution in [3.05, 3.63) is 34.3 Å². The van der Waals surface area contributed by atoms with Crippen LogP contribution in [0.25, 0.3) is 0 Å². The molecule has 0 fully saturated rings. The zero-order chi connectivity index (χ0) is 14.6. The second-order valence-corrected chi connectivity index (χ2v) is 4.44. The van der Waals surface area contributed by atoms with E-state index in [9.17, 15) is 9.59 Å². The lowest BCUT2D eigenvalue weighted by Crippen LogP contribution is -2.24. The number of hydrogen-bond donors (Lipinski definition) is 0. The molecule has 0 saturated heterocycles. The molecule has 1 aliphatic carbocycles. The van der Waals surface area contributed by atoms with Crippen molar-refractivity contribution in [3.8, 4) is 0 Å². The Morgan fingerprint density at radius 3 is 2.11 bits per heavy atom. The molecule has 4 nitrogen and oxygen atoms in total. The second-order valence-electron chi connectivity index (χ2n) is 4.44. The number of Topliss-reactive ketones (excluding diaryl/α,β-unsaturated/α-hetero) is 2. The van der Waals surface area contributed by atoms with Crippen molar-refractivity contribution in [3.63, 3.8) is 0 Å². The van der Waals surface area contributed by atoms with Crippen LogP contribution in [0, 0.1) is 0 Å². The van der Waals surface area contributed by atoms with Crippen molar-refractivity contribution in [2.24, 2.45) is 0 Å². The third-order valence-electron chi connectivity index (χ3n) is 3.31. The molecule has 0 aromatic rings. The Morgan fingerprint density at radius 2 is 1.63 bits per heavy atom. The molecule has 0 radical (unpaired) electrons. The van der Waals surface area contributed by atoms with Crippen LogP contribution in [0.15, 0.2) is 34.3 Å². The van der Waals surface area contributed by atoms with Crippen LogP contribution in [-0.2, 0) is 19.1 Å². The van der Waals surface area contributed by atoms with Gasteiger partial charge in [-0.25, -0.2) is 0 Å². The first-order chi connectivity index (χ1) is 8.97. The summed E-state index contributed by atoms with van der Waals surface area (Å²) in [6.07, 6.45) is 3.33. The number of allylic oxidation sites excluding steroid dienone is 4. The van der Waals surface area contributed by atoms with E-state index in [-0.39, 0.29) is 23.1 Å². The van der Waals surface area contributed by atoms with E-state index in [1.54, 1.807) is 6.92 Å². The molecule has 104 valence electrons. The summed E-state index contributed by atoms with van der Waals surface area (Å²) in [7, 11) is 2.73. The first-order valence-electron chi connectivity index (χ1n) is 6.24. The molecular weight excluding hydrogens is 244 g/mol. The quantitative estimate of drug-likeness (QED) is 0.566. The van der Waals surface area contributed by atoms with Gasteiger partial charge in [0.25, 0.3) is 0 Å². The van der Waals surface area contributed by atoms with E-state index in [0.717, 1.165) is 6.42 Å². The van der Waals surface area contributed by atoms with Gasteiger partial charge in [0, 0.05) is 11.1 Å². The summed E-state index contributed by atoms with van der Waals surface area (Å²) in [5, 5.41) is 0. The number of ether oxygens (including phenoxy) is 2. The topological polar surface area (TPSA) is 52.6 Å². The van der Waals surface area contributed by atoms with Crippen molar-refractivity contribution in [1.82, 2.24) is 0 Å². The minimum absolute atomic E-state index is 0.00403. The Labute approximate surface area is 113 Å². The minimum atomic E-state index is -0.281. The molecule has 1 aliphatic rings. The standard InChI is InChI=1S/C15H20O4/c1-6-9(2)7-8-11-10(3)12(16)14(18-4)15(19-5)13(11)17/h7H,6,8H2,1-5H3/b9-7+. The monoisotopic (exact) mass is 264 g/mol. The SMILES string of the molecule is CC/C(C)=C/CC1=C(C)C(=O)C(OC)=C(OC)C1=O. The highest BCUT2D eigenvalue weighted by Gasteiger charge is 2.33. The van der Waals surface area contributed by atoms with Gasteiger partial charge in [-0.2, -0.15) is 0 Å². The summed E-state index contributed by atoms with van der Waals surface area (Å²) in [4.78, 5) is 24.4. The lowest BCUT2D eigenvalue weighted by atomic mass is 9.90. The molecule has 19 heavy (non-hydrogen) atoms. The predicted molar refractivity (Wildman–Crippen MR) is 72.4 cm³/mol. The highest BCUT2D eigenvalue weighted by atomic mass is 16.5. The van der Waals surface area contributed by atoms with Gasteiger partial charge in [0.2, 0.25) is 23.1 Å². The van der Waals surface area contributed by atoms with E-state index in [1.807, 2.05) is 19.9 Å². The van der Waals surface area contributed by atoms with E-state index >= 15 is 0 Å². The van der Waals surface area contributed by atoms with Crippen LogP contribution in [-0.4, -0.2) is 25.8 Å². The number of carbonyl (C=O) groups is 2. The van der Waals surface area contributed by atoms with Crippen LogP contribution >= 0.6 is 0 Å². The van der Waals surface area contributed by atoms with Gasteiger partial charge in [0.1, 0.15) is 0 Å². The molecule has 0 spiro atoms. The Bertz CT molecular complexity index is 492. The lowest BCUT2D eigenvalue weighted by molar-refractivity contribution is -0.121.